The van der Waals surface area contributed by atoms with Gasteiger partial charge in [0.15, 0.2) is 0 Å². The number of rotatable bonds is 6. The molecule has 1 heteroatoms. The molecule has 0 bridgehead atoms. The Kier molecular flexibility index (Phi) is 5.38. The van der Waals surface area contributed by atoms with Gasteiger partial charge in [-0.2, -0.15) is 0 Å². The molecule has 0 spiro atoms. The zero-order chi connectivity index (χ0) is 14.4. The van der Waals surface area contributed by atoms with Crippen LogP contribution in [0.2, 0.25) is 0 Å². The summed E-state index contributed by atoms with van der Waals surface area (Å²) in [7, 11) is -0.251. The Hall–Kier alpha value is -1.13. The van der Waals surface area contributed by atoms with E-state index in [4.69, 9.17) is 0 Å². The van der Waals surface area contributed by atoms with Crippen LogP contribution in [0.25, 0.3) is 0 Å². The van der Waals surface area contributed by atoms with Crippen LogP contribution in [0.15, 0.2) is 60.7 Å². The first kappa shape index (κ1) is 15.3. The second-order valence-electron chi connectivity index (χ2n) is 5.78. The molecule has 2 rings (SSSR count). The molecule has 0 aromatic heterocycles. The Balaban J connectivity index is 2.35. The summed E-state index contributed by atoms with van der Waals surface area (Å²) in [5.41, 5.74) is 0.442. The third-order valence-electron chi connectivity index (χ3n) is 4.38. The fourth-order valence-corrected chi connectivity index (χ4v) is 5.34. The standard InChI is InChI=1S/C19H25P/c1-4-19(3,5-2)16-20(17-12-8-6-9-13-17)18-14-10-7-11-15-18/h6-15H,4-5,16H2,1-3H3. The molecule has 0 aliphatic heterocycles. The Bertz CT molecular complexity index is 460. The highest BCUT2D eigenvalue weighted by Crippen LogP contribution is 2.43. The fraction of sp³-hybridized carbons (Fsp3) is 0.368. The van der Waals surface area contributed by atoms with E-state index in [0.717, 1.165) is 0 Å². The highest BCUT2D eigenvalue weighted by Gasteiger charge is 2.26. The molecule has 2 aromatic carbocycles. The molecule has 2 aromatic rings. The van der Waals surface area contributed by atoms with Crippen LogP contribution in [0.3, 0.4) is 0 Å². The molecule has 20 heavy (non-hydrogen) atoms. The van der Waals surface area contributed by atoms with Gasteiger partial charge in [-0.1, -0.05) is 94.3 Å². The highest BCUT2D eigenvalue weighted by molar-refractivity contribution is 7.73. The van der Waals surface area contributed by atoms with Crippen LogP contribution < -0.4 is 10.6 Å². The minimum atomic E-state index is -0.251. The van der Waals surface area contributed by atoms with Crippen molar-refractivity contribution < 1.29 is 0 Å². The zero-order valence-electron chi connectivity index (χ0n) is 12.8. The smallest absolute Gasteiger partial charge is 0.0191 e. The van der Waals surface area contributed by atoms with Gasteiger partial charge in [0.25, 0.3) is 0 Å². The van der Waals surface area contributed by atoms with E-state index in [1.54, 1.807) is 0 Å². The molecule has 0 radical (unpaired) electrons. The van der Waals surface area contributed by atoms with E-state index in [2.05, 4.69) is 81.4 Å². The quantitative estimate of drug-likeness (QED) is 0.659. The molecule has 0 aliphatic carbocycles. The average Bonchev–Trinajstić information content (AvgIpc) is 2.54. The lowest BCUT2D eigenvalue weighted by Crippen LogP contribution is -2.25. The summed E-state index contributed by atoms with van der Waals surface area (Å²) in [6.45, 7) is 7.09. The summed E-state index contributed by atoms with van der Waals surface area (Å²) in [6, 6.07) is 22.1. The SMILES string of the molecule is CCC(C)(CC)CP(c1ccccc1)c1ccccc1. The molecule has 0 saturated carbocycles. The second kappa shape index (κ2) is 7.04. The first-order valence-electron chi connectivity index (χ1n) is 7.56. The van der Waals surface area contributed by atoms with Crippen molar-refractivity contribution in [1.82, 2.24) is 0 Å². The highest BCUT2D eigenvalue weighted by atomic mass is 31.1. The summed E-state index contributed by atoms with van der Waals surface area (Å²) >= 11 is 0. The first-order chi connectivity index (χ1) is 9.68. The van der Waals surface area contributed by atoms with Gasteiger partial charge in [-0.3, -0.25) is 0 Å². The topological polar surface area (TPSA) is 0 Å². The van der Waals surface area contributed by atoms with Crippen molar-refractivity contribution in [2.24, 2.45) is 5.41 Å². The van der Waals surface area contributed by atoms with E-state index in [-0.39, 0.29) is 7.92 Å². The van der Waals surface area contributed by atoms with Gasteiger partial charge in [0.1, 0.15) is 0 Å². The van der Waals surface area contributed by atoms with Crippen molar-refractivity contribution in [2.75, 3.05) is 6.16 Å². The normalized spacial score (nSPS) is 11.8. The molecule has 0 unspecified atom stereocenters. The van der Waals surface area contributed by atoms with Crippen LogP contribution in [0.1, 0.15) is 33.6 Å². The summed E-state index contributed by atoms with van der Waals surface area (Å²) in [5.74, 6) is 0. The summed E-state index contributed by atoms with van der Waals surface area (Å²) in [6.07, 6.45) is 3.79. The average molecular weight is 284 g/mol. The molecule has 0 saturated heterocycles. The molecule has 0 heterocycles. The predicted octanol–water partition coefficient (Wildman–Crippen LogP) is 4.95. The van der Waals surface area contributed by atoms with Crippen molar-refractivity contribution in [3.8, 4) is 0 Å². The lowest BCUT2D eigenvalue weighted by atomic mass is 9.87. The minimum Gasteiger partial charge on any atom is -0.0649 e. The second-order valence-corrected chi connectivity index (χ2v) is 7.98. The molecule has 0 aliphatic rings. The maximum atomic E-state index is 2.44. The first-order valence-corrected chi connectivity index (χ1v) is 9.09. The van der Waals surface area contributed by atoms with Gasteiger partial charge < -0.3 is 0 Å². The fourth-order valence-electron chi connectivity index (χ4n) is 2.40. The minimum absolute atomic E-state index is 0.251. The van der Waals surface area contributed by atoms with Crippen molar-refractivity contribution in [1.29, 1.82) is 0 Å². The van der Waals surface area contributed by atoms with Crippen molar-refractivity contribution >= 4 is 18.5 Å². The summed E-state index contributed by atoms with van der Waals surface area (Å²) in [4.78, 5) is 0. The Morgan fingerprint density at radius 3 is 1.50 bits per heavy atom. The number of hydrogen-bond acceptors (Lipinski definition) is 0. The Morgan fingerprint density at radius 1 is 0.750 bits per heavy atom. The monoisotopic (exact) mass is 284 g/mol. The van der Waals surface area contributed by atoms with E-state index >= 15 is 0 Å². The molecular formula is C19H25P. The largest absolute Gasteiger partial charge is 0.0649 e. The lowest BCUT2D eigenvalue weighted by Gasteiger charge is -2.32. The van der Waals surface area contributed by atoms with Crippen molar-refractivity contribution in [3.05, 3.63) is 60.7 Å². The van der Waals surface area contributed by atoms with Gasteiger partial charge >= 0.3 is 0 Å². The van der Waals surface area contributed by atoms with Crippen LogP contribution in [-0.4, -0.2) is 6.16 Å². The Morgan fingerprint density at radius 2 is 1.15 bits per heavy atom. The molecular weight excluding hydrogens is 259 g/mol. The van der Waals surface area contributed by atoms with Gasteiger partial charge in [0, 0.05) is 0 Å². The van der Waals surface area contributed by atoms with E-state index in [1.165, 1.54) is 29.6 Å². The molecule has 106 valence electrons. The third-order valence-corrected chi connectivity index (χ3v) is 7.31. The Labute approximate surface area is 125 Å². The van der Waals surface area contributed by atoms with Gasteiger partial charge in [-0.25, -0.2) is 0 Å². The van der Waals surface area contributed by atoms with Crippen molar-refractivity contribution in [2.45, 2.75) is 33.6 Å². The zero-order valence-corrected chi connectivity index (χ0v) is 13.7. The molecule has 0 fully saturated rings. The van der Waals surface area contributed by atoms with E-state index in [1.807, 2.05) is 0 Å². The summed E-state index contributed by atoms with van der Waals surface area (Å²) in [5, 5.41) is 3.00. The predicted molar refractivity (Wildman–Crippen MR) is 92.6 cm³/mol. The van der Waals surface area contributed by atoms with Crippen LogP contribution in [0, 0.1) is 5.41 Å². The van der Waals surface area contributed by atoms with E-state index in [9.17, 15) is 0 Å². The molecule has 0 nitrogen and oxygen atoms in total. The van der Waals surface area contributed by atoms with Gasteiger partial charge in [0.05, 0.1) is 0 Å². The van der Waals surface area contributed by atoms with Gasteiger partial charge in [0.2, 0.25) is 0 Å². The third kappa shape index (κ3) is 3.70. The van der Waals surface area contributed by atoms with E-state index < -0.39 is 0 Å². The summed E-state index contributed by atoms with van der Waals surface area (Å²) < 4.78 is 0. The van der Waals surface area contributed by atoms with Crippen LogP contribution in [-0.2, 0) is 0 Å². The van der Waals surface area contributed by atoms with Gasteiger partial charge in [-0.05, 0) is 30.1 Å². The van der Waals surface area contributed by atoms with Gasteiger partial charge in [-0.15, -0.1) is 0 Å². The maximum absolute atomic E-state index is 2.44. The number of benzene rings is 2. The molecule has 0 N–H and O–H groups in total. The molecule has 0 atom stereocenters. The number of hydrogen-bond donors (Lipinski definition) is 0. The van der Waals surface area contributed by atoms with E-state index in [0.29, 0.717) is 5.41 Å². The van der Waals surface area contributed by atoms with Crippen LogP contribution >= 0.6 is 7.92 Å². The maximum Gasteiger partial charge on any atom is -0.0191 e. The van der Waals surface area contributed by atoms with Crippen LogP contribution in [0.4, 0.5) is 0 Å². The molecule has 0 amide bonds. The lowest BCUT2D eigenvalue weighted by molar-refractivity contribution is 0.345. The van der Waals surface area contributed by atoms with Crippen LogP contribution in [0.5, 0.6) is 0 Å². The van der Waals surface area contributed by atoms with Crippen molar-refractivity contribution in [3.63, 3.8) is 0 Å².